The molecule has 16 nitrogen and oxygen atoms in total. The SMILES string of the molecule is C#C[C@]1(COP(=O)(O)OP(=O)(O)OP(=O)(O)O)O[C@@H](n2ccc(N)nc2=O)C(F)(F)[C@@H]1O. The van der Waals surface area contributed by atoms with Gasteiger partial charge < -0.3 is 35.2 Å². The minimum absolute atomic E-state index is 0.212. The van der Waals surface area contributed by atoms with Crippen molar-refractivity contribution >= 4 is 29.3 Å². The Morgan fingerprint density at radius 2 is 1.84 bits per heavy atom. The third kappa shape index (κ3) is 5.86. The number of nitrogen functional groups attached to an aromatic ring is 1. The summed E-state index contributed by atoms with van der Waals surface area (Å²) in [5, 5.41) is 10.0. The largest absolute Gasteiger partial charge is 0.490 e. The fourth-order valence-corrected chi connectivity index (χ4v) is 5.43. The van der Waals surface area contributed by atoms with Crippen LogP contribution in [0.2, 0.25) is 0 Å². The molecule has 2 unspecified atom stereocenters. The number of terminal acetylenes is 1. The summed E-state index contributed by atoms with van der Waals surface area (Å²) in [6, 6.07) is 0.940. The van der Waals surface area contributed by atoms with E-state index in [1.54, 1.807) is 5.92 Å². The predicted molar refractivity (Wildman–Crippen MR) is 95.4 cm³/mol. The van der Waals surface area contributed by atoms with Gasteiger partial charge in [-0.2, -0.15) is 22.4 Å². The number of aliphatic hydroxyl groups excluding tert-OH is 1. The highest BCUT2D eigenvalue weighted by molar-refractivity contribution is 7.66. The van der Waals surface area contributed by atoms with Gasteiger partial charge in [0.05, 0.1) is 0 Å². The molecule has 0 radical (unpaired) electrons. The summed E-state index contributed by atoms with van der Waals surface area (Å²) >= 11 is 0. The summed E-state index contributed by atoms with van der Waals surface area (Å²) in [4.78, 5) is 50.5. The average molecular weight is 527 g/mol. The molecule has 7 N–H and O–H groups in total. The maximum absolute atomic E-state index is 14.6. The number of aliphatic hydroxyl groups is 1. The highest BCUT2D eigenvalue weighted by Gasteiger charge is 2.67. The molecule has 180 valence electrons. The molecule has 2 rings (SSSR count). The van der Waals surface area contributed by atoms with Crippen LogP contribution in [0.4, 0.5) is 14.6 Å². The van der Waals surface area contributed by atoms with Crippen molar-refractivity contribution in [2.24, 2.45) is 0 Å². The first-order valence-electron chi connectivity index (χ1n) is 7.69. The highest BCUT2D eigenvalue weighted by Crippen LogP contribution is 2.66. The highest BCUT2D eigenvalue weighted by atomic mass is 31.3. The van der Waals surface area contributed by atoms with Crippen LogP contribution in [0.3, 0.4) is 0 Å². The monoisotopic (exact) mass is 527 g/mol. The lowest BCUT2D eigenvalue weighted by Gasteiger charge is -2.26. The van der Waals surface area contributed by atoms with Crippen LogP contribution >= 0.6 is 23.5 Å². The number of nitrogens with two attached hydrogens (primary N) is 1. The Balaban J connectivity index is 2.29. The molecule has 1 aromatic rings. The summed E-state index contributed by atoms with van der Waals surface area (Å²) in [5.41, 5.74) is 0.994. The Bertz CT molecular complexity index is 1130. The second kappa shape index (κ2) is 8.65. The van der Waals surface area contributed by atoms with E-state index in [0.717, 1.165) is 12.3 Å². The zero-order chi connectivity index (χ0) is 24.8. The molecule has 1 fully saturated rings. The maximum atomic E-state index is 14.6. The van der Waals surface area contributed by atoms with Gasteiger partial charge in [-0.25, -0.2) is 18.5 Å². The van der Waals surface area contributed by atoms with Crippen LogP contribution in [0, 0.1) is 12.3 Å². The Morgan fingerprint density at radius 1 is 1.25 bits per heavy atom. The summed E-state index contributed by atoms with van der Waals surface area (Å²) in [7, 11) is -17.4. The lowest BCUT2D eigenvalue weighted by molar-refractivity contribution is -0.141. The van der Waals surface area contributed by atoms with Crippen LogP contribution in [0.15, 0.2) is 17.1 Å². The standard InChI is InChI=1S/C11H14F2N3O13P3/c1-2-10(5-26-31(22,23)29-32(24,25)28-30(19,20)21)7(17)11(12,13)8(27-10)16-4-3-6(14)15-9(16)18/h1,3-4,7-8,17H,5H2,(H,22,23)(H,24,25)(H2,14,15,18)(H2,19,20,21)/t7-,8-,10-/m1/s1. The van der Waals surface area contributed by atoms with Crippen molar-refractivity contribution in [1.82, 2.24) is 9.55 Å². The molecule has 32 heavy (non-hydrogen) atoms. The molecule has 0 amide bonds. The number of anilines is 1. The van der Waals surface area contributed by atoms with E-state index >= 15 is 0 Å². The van der Waals surface area contributed by atoms with Crippen LogP contribution in [-0.4, -0.2) is 58.5 Å². The molecule has 21 heteroatoms. The number of phosphoric acid groups is 3. The minimum atomic E-state index is -5.91. The molecule has 5 atom stereocenters. The molecule has 1 aromatic heterocycles. The van der Waals surface area contributed by atoms with Gasteiger partial charge in [-0.15, -0.1) is 6.42 Å². The molecular weight excluding hydrogens is 513 g/mol. The van der Waals surface area contributed by atoms with Crippen LogP contribution in [0.5, 0.6) is 0 Å². The molecule has 0 spiro atoms. The van der Waals surface area contributed by atoms with Gasteiger partial charge in [-0.1, -0.05) is 5.92 Å². The van der Waals surface area contributed by atoms with Crippen molar-refractivity contribution < 1.29 is 65.0 Å². The van der Waals surface area contributed by atoms with E-state index in [4.69, 9.17) is 31.6 Å². The van der Waals surface area contributed by atoms with Gasteiger partial charge in [0.2, 0.25) is 6.23 Å². The van der Waals surface area contributed by atoms with Crippen molar-refractivity contribution in [3.8, 4) is 12.3 Å². The Kier molecular flexibility index (Phi) is 7.21. The van der Waals surface area contributed by atoms with E-state index < -0.39 is 59.6 Å². The summed E-state index contributed by atoms with van der Waals surface area (Å²) in [5.74, 6) is -3.07. The van der Waals surface area contributed by atoms with Gasteiger partial charge in [0.15, 0.2) is 11.7 Å². The van der Waals surface area contributed by atoms with Crippen LogP contribution in [0.25, 0.3) is 0 Å². The first-order valence-corrected chi connectivity index (χ1v) is 12.2. The summed E-state index contributed by atoms with van der Waals surface area (Å²) in [6.45, 7) is -1.60. The molecule has 0 aromatic carbocycles. The number of aromatic nitrogens is 2. The fourth-order valence-electron chi connectivity index (χ4n) is 2.38. The van der Waals surface area contributed by atoms with Gasteiger partial charge >= 0.3 is 35.1 Å². The molecule has 1 aliphatic rings. The topological polar surface area (TPSA) is 250 Å². The van der Waals surface area contributed by atoms with E-state index in [0.29, 0.717) is 0 Å². The average Bonchev–Trinajstić information content (AvgIpc) is 2.78. The number of halogens is 2. The van der Waals surface area contributed by atoms with Crippen molar-refractivity contribution in [3.05, 3.63) is 22.7 Å². The molecule has 0 saturated carbocycles. The summed E-state index contributed by atoms with van der Waals surface area (Å²) < 4.78 is 79.2. The zero-order valence-electron chi connectivity index (χ0n) is 15.2. The van der Waals surface area contributed by atoms with E-state index in [1.165, 1.54) is 0 Å². The van der Waals surface area contributed by atoms with Crippen LogP contribution < -0.4 is 11.4 Å². The van der Waals surface area contributed by atoms with Crippen LogP contribution in [-0.2, 0) is 31.6 Å². The van der Waals surface area contributed by atoms with E-state index in [2.05, 4.69) is 18.1 Å². The normalized spacial score (nSPS) is 29.1. The van der Waals surface area contributed by atoms with E-state index in [9.17, 15) is 37.3 Å². The van der Waals surface area contributed by atoms with Crippen molar-refractivity contribution in [3.63, 3.8) is 0 Å². The Morgan fingerprint density at radius 3 is 2.34 bits per heavy atom. The van der Waals surface area contributed by atoms with Crippen molar-refractivity contribution in [2.75, 3.05) is 12.3 Å². The van der Waals surface area contributed by atoms with Gasteiger partial charge in [0, 0.05) is 6.20 Å². The third-order valence-corrected chi connectivity index (χ3v) is 7.45. The van der Waals surface area contributed by atoms with Crippen LogP contribution in [0.1, 0.15) is 6.23 Å². The quantitative estimate of drug-likeness (QED) is 0.176. The minimum Gasteiger partial charge on any atom is -0.383 e. The van der Waals surface area contributed by atoms with Gasteiger partial charge in [0.1, 0.15) is 12.4 Å². The predicted octanol–water partition coefficient (Wildman–Crippen LogP) is -0.934. The Hall–Kier alpha value is -1.57. The maximum Gasteiger partial charge on any atom is 0.490 e. The number of hydrogen-bond donors (Lipinski definition) is 6. The van der Waals surface area contributed by atoms with Crippen molar-refractivity contribution in [1.29, 1.82) is 0 Å². The molecule has 0 aliphatic carbocycles. The van der Waals surface area contributed by atoms with Crippen molar-refractivity contribution in [2.45, 2.75) is 23.9 Å². The first-order chi connectivity index (χ1) is 14.3. The number of alkyl halides is 2. The number of phosphoric ester groups is 1. The fraction of sp³-hybridized carbons (Fsp3) is 0.455. The van der Waals surface area contributed by atoms with Gasteiger partial charge in [0.25, 0.3) is 0 Å². The third-order valence-electron chi connectivity index (χ3n) is 3.66. The molecule has 1 saturated heterocycles. The van der Waals surface area contributed by atoms with E-state index in [1.807, 2.05) is 0 Å². The Labute approximate surface area is 176 Å². The van der Waals surface area contributed by atoms with Gasteiger partial charge in [-0.3, -0.25) is 9.09 Å². The molecule has 0 bridgehead atoms. The number of nitrogens with zero attached hydrogens (tertiary/aromatic N) is 2. The molecular formula is C11H14F2N3O13P3. The number of rotatable bonds is 8. The second-order valence-electron chi connectivity index (χ2n) is 5.99. The smallest absolute Gasteiger partial charge is 0.383 e. The van der Waals surface area contributed by atoms with Gasteiger partial charge in [-0.05, 0) is 6.07 Å². The molecule has 1 aliphatic heterocycles. The lowest BCUT2D eigenvalue weighted by atomic mass is 9.96. The second-order valence-corrected chi connectivity index (χ2v) is 10.4. The first kappa shape index (κ1) is 26.7. The summed E-state index contributed by atoms with van der Waals surface area (Å²) in [6.07, 6.45) is 0.279. The lowest BCUT2D eigenvalue weighted by Crippen LogP contribution is -2.48. The molecule has 2 heterocycles. The van der Waals surface area contributed by atoms with E-state index in [-0.39, 0.29) is 10.4 Å². The number of ether oxygens (including phenoxy) is 1. The zero-order valence-corrected chi connectivity index (χ0v) is 17.8. The number of hydrogen-bond acceptors (Lipinski definition) is 11.